The minimum Gasteiger partial charge on any atom is -0.354 e. The number of benzene rings is 1. The molecule has 0 aliphatic rings. The predicted molar refractivity (Wildman–Crippen MR) is 87.1 cm³/mol. The van der Waals surface area contributed by atoms with Gasteiger partial charge >= 0.3 is 0 Å². The number of amides is 1. The van der Waals surface area contributed by atoms with Crippen LogP contribution < -0.4 is 10.6 Å². The van der Waals surface area contributed by atoms with Crippen molar-refractivity contribution in [1.29, 1.82) is 0 Å². The van der Waals surface area contributed by atoms with Crippen molar-refractivity contribution in [3.05, 3.63) is 35.6 Å². The van der Waals surface area contributed by atoms with E-state index in [4.69, 9.17) is 0 Å². The monoisotopic (exact) mass is 308 g/mol. The molecule has 0 aliphatic carbocycles. The Morgan fingerprint density at radius 3 is 2.50 bits per heavy atom. The van der Waals surface area contributed by atoms with E-state index in [1.54, 1.807) is 26.2 Å². The number of hydrogen-bond donors (Lipinski definition) is 2. The molecule has 0 heterocycles. The first-order chi connectivity index (χ1) is 10.4. The van der Waals surface area contributed by atoms with Crippen LogP contribution in [0.25, 0.3) is 0 Å². The third kappa shape index (κ3) is 6.56. The maximum atomic E-state index is 12.9. The van der Waals surface area contributed by atoms with Crippen LogP contribution in [0.3, 0.4) is 0 Å². The number of aliphatic imine (C=N–C) groups is 1. The van der Waals surface area contributed by atoms with Crippen LogP contribution in [0.4, 0.5) is 4.39 Å². The van der Waals surface area contributed by atoms with Gasteiger partial charge < -0.3 is 15.5 Å². The lowest BCUT2D eigenvalue weighted by molar-refractivity contribution is -0.127. The van der Waals surface area contributed by atoms with Crippen molar-refractivity contribution in [2.24, 2.45) is 4.99 Å². The summed E-state index contributed by atoms with van der Waals surface area (Å²) in [7, 11) is 3.42. The molecule has 0 saturated carbocycles. The summed E-state index contributed by atoms with van der Waals surface area (Å²) in [6, 6.07) is 6.47. The van der Waals surface area contributed by atoms with Crippen molar-refractivity contribution < 1.29 is 9.18 Å². The summed E-state index contributed by atoms with van der Waals surface area (Å²) in [5, 5.41) is 6.26. The summed E-state index contributed by atoms with van der Waals surface area (Å²) in [5.41, 5.74) is 0.908. The number of carbonyl (C=O) groups excluding carboxylic acids is 1. The molecule has 1 aromatic carbocycles. The Morgan fingerprint density at radius 1 is 1.32 bits per heavy atom. The van der Waals surface area contributed by atoms with E-state index in [9.17, 15) is 9.18 Å². The minimum atomic E-state index is -0.264. The first-order valence-electron chi connectivity index (χ1n) is 7.41. The van der Waals surface area contributed by atoms with Gasteiger partial charge in [-0.2, -0.15) is 0 Å². The number of halogens is 1. The highest BCUT2D eigenvalue weighted by atomic mass is 19.1. The fourth-order valence-electron chi connectivity index (χ4n) is 1.57. The molecular formula is C16H25FN4O. The Hall–Kier alpha value is -2.11. The molecule has 0 bridgehead atoms. The zero-order chi connectivity index (χ0) is 16.5. The molecule has 2 N–H and O–H groups in total. The number of hydrogen-bond acceptors (Lipinski definition) is 2. The number of rotatable bonds is 6. The number of likely N-dealkylation sites (N-methyl/N-ethyl adjacent to an activating group) is 1. The minimum absolute atomic E-state index is 0.0274. The number of nitrogens with one attached hydrogen (secondary N) is 2. The lowest BCUT2D eigenvalue weighted by atomic mass is 10.2. The Bertz CT molecular complexity index is 499. The van der Waals surface area contributed by atoms with E-state index in [-0.39, 0.29) is 24.3 Å². The maximum Gasteiger partial charge on any atom is 0.241 e. The van der Waals surface area contributed by atoms with Gasteiger partial charge in [0, 0.05) is 20.1 Å². The summed E-state index contributed by atoms with van der Waals surface area (Å²) in [5.74, 6) is 0.287. The van der Waals surface area contributed by atoms with Gasteiger partial charge in [0.15, 0.2) is 5.96 Å². The van der Waals surface area contributed by atoms with Crippen LogP contribution in [0.2, 0.25) is 0 Å². The van der Waals surface area contributed by atoms with E-state index >= 15 is 0 Å². The van der Waals surface area contributed by atoms with Gasteiger partial charge in [0.25, 0.3) is 0 Å². The molecule has 0 saturated heterocycles. The van der Waals surface area contributed by atoms with Crippen LogP contribution in [0, 0.1) is 5.82 Å². The van der Waals surface area contributed by atoms with Crippen LogP contribution in [0.5, 0.6) is 0 Å². The topological polar surface area (TPSA) is 56.7 Å². The Kier molecular flexibility index (Phi) is 7.36. The summed E-state index contributed by atoms with van der Waals surface area (Å²) < 4.78 is 12.9. The van der Waals surface area contributed by atoms with Crippen molar-refractivity contribution in [1.82, 2.24) is 15.5 Å². The lowest BCUT2D eigenvalue weighted by Gasteiger charge is -2.18. The van der Waals surface area contributed by atoms with E-state index < -0.39 is 0 Å². The van der Waals surface area contributed by atoms with E-state index in [1.807, 2.05) is 6.92 Å². The standard InChI is InChI=1S/C16H25FN4O/c1-5-12(2)20-16(19-11-15(22)21(3)4)18-10-13-6-8-14(17)9-7-13/h6-9,12H,5,10-11H2,1-4H3,(H2,18,19,20). The molecule has 1 aromatic rings. The highest BCUT2D eigenvalue weighted by Crippen LogP contribution is 2.04. The molecule has 1 amide bonds. The average molecular weight is 308 g/mol. The van der Waals surface area contributed by atoms with Crippen LogP contribution in [0.1, 0.15) is 25.8 Å². The molecule has 6 heteroatoms. The highest BCUT2D eigenvalue weighted by molar-refractivity contribution is 5.86. The molecule has 0 aliphatic heterocycles. The van der Waals surface area contributed by atoms with Crippen LogP contribution in [-0.4, -0.2) is 43.4 Å². The molecule has 0 aromatic heterocycles. The van der Waals surface area contributed by atoms with E-state index in [1.165, 1.54) is 17.0 Å². The summed E-state index contributed by atoms with van der Waals surface area (Å²) in [6.07, 6.45) is 0.943. The maximum absolute atomic E-state index is 12.9. The van der Waals surface area contributed by atoms with Crippen molar-refractivity contribution in [3.63, 3.8) is 0 Å². The van der Waals surface area contributed by atoms with Gasteiger partial charge in [-0.1, -0.05) is 19.1 Å². The third-order valence-electron chi connectivity index (χ3n) is 3.23. The second kappa shape index (κ2) is 9.02. The second-order valence-electron chi connectivity index (χ2n) is 5.39. The third-order valence-corrected chi connectivity index (χ3v) is 3.23. The lowest BCUT2D eigenvalue weighted by Crippen LogP contribution is -2.45. The average Bonchev–Trinajstić information content (AvgIpc) is 2.50. The summed E-state index contributed by atoms with van der Waals surface area (Å²) in [6.45, 7) is 4.71. The van der Waals surface area contributed by atoms with Crippen LogP contribution in [0.15, 0.2) is 29.3 Å². The van der Waals surface area contributed by atoms with E-state index in [2.05, 4.69) is 22.5 Å². The van der Waals surface area contributed by atoms with Crippen molar-refractivity contribution in [2.75, 3.05) is 20.6 Å². The fourth-order valence-corrected chi connectivity index (χ4v) is 1.57. The normalized spacial score (nSPS) is 12.7. The molecule has 0 radical (unpaired) electrons. The molecule has 1 rings (SSSR count). The van der Waals surface area contributed by atoms with Crippen molar-refractivity contribution in [2.45, 2.75) is 32.9 Å². The van der Waals surface area contributed by atoms with Gasteiger partial charge in [-0.15, -0.1) is 0 Å². The van der Waals surface area contributed by atoms with Crippen molar-refractivity contribution in [3.8, 4) is 0 Å². The van der Waals surface area contributed by atoms with Gasteiger partial charge in [0.2, 0.25) is 5.91 Å². The van der Waals surface area contributed by atoms with E-state index in [0.717, 1.165) is 12.0 Å². The highest BCUT2D eigenvalue weighted by Gasteiger charge is 2.07. The summed E-state index contributed by atoms with van der Waals surface area (Å²) in [4.78, 5) is 17.6. The first kappa shape index (κ1) is 17.9. The molecule has 1 unspecified atom stereocenters. The molecule has 22 heavy (non-hydrogen) atoms. The Labute approximate surface area is 131 Å². The van der Waals surface area contributed by atoms with Gasteiger partial charge in [-0.3, -0.25) is 4.79 Å². The molecule has 122 valence electrons. The van der Waals surface area contributed by atoms with Gasteiger partial charge in [0.05, 0.1) is 13.1 Å². The number of carbonyl (C=O) groups is 1. The van der Waals surface area contributed by atoms with Crippen LogP contribution >= 0.6 is 0 Å². The number of nitrogens with zero attached hydrogens (tertiary/aromatic N) is 2. The second-order valence-corrected chi connectivity index (χ2v) is 5.39. The largest absolute Gasteiger partial charge is 0.354 e. The Morgan fingerprint density at radius 2 is 1.95 bits per heavy atom. The van der Waals surface area contributed by atoms with Crippen LogP contribution in [-0.2, 0) is 11.3 Å². The van der Waals surface area contributed by atoms with E-state index in [0.29, 0.717) is 12.5 Å². The zero-order valence-electron chi connectivity index (χ0n) is 13.7. The predicted octanol–water partition coefficient (Wildman–Crippen LogP) is 1.75. The molecule has 1 atom stereocenters. The smallest absolute Gasteiger partial charge is 0.241 e. The van der Waals surface area contributed by atoms with Gasteiger partial charge in [-0.05, 0) is 31.0 Å². The fraction of sp³-hybridized carbons (Fsp3) is 0.500. The van der Waals surface area contributed by atoms with Gasteiger partial charge in [-0.25, -0.2) is 9.38 Å². The first-order valence-corrected chi connectivity index (χ1v) is 7.41. The SMILES string of the molecule is CCC(C)NC(=NCc1ccc(F)cc1)NCC(=O)N(C)C. The molecule has 5 nitrogen and oxygen atoms in total. The quantitative estimate of drug-likeness (QED) is 0.622. The molecule has 0 spiro atoms. The molecular weight excluding hydrogens is 283 g/mol. The van der Waals surface area contributed by atoms with Crippen molar-refractivity contribution >= 4 is 11.9 Å². The van der Waals surface area contributed by atoms with Gasteiger partial charge in [0.1, 0.15) is 5.82 Å². The Balaban J connectivity index is 2.68. The summed E-state index contributed by atoms with van der Waals surface area (Å²) >= 11 is 0. The molecule has 0 fully saturated rings. The zero-order valence-corrected chi connectivity index (χ0v) is 13.7. The number of guanidine groups is 1.